The minimum Gasteiger partial charge on any atom is -0.463 e. The number of nitrogens with one attached hydrogen (secondary N) is 1. The van der Waals surface area contributed by atoms with Crippen molar-refractivity contribution >= 4 is 11.9 Å². The minimum atomic E-state index is -0.456. The summed E-state index contributed by atoms with van der Waals surface area (Å²) in [5.74, 6) is -0.419. The summed E-state index contributed by atoms with van der Waals surface area (Å²) in [6.45, 7) is 5.97. The molecule has 0 spiro atoms. The Morgan fingerprint density at radius 3 is 3.00 bits per heavy atom. The van der Waals surface area contributed by atoms with Gasteiger partial charge in [-0.15, -0.1) is 0 Å². The zero-order valence-electron chi connectivity index (χ0n) is 12.9. The molecule has 0 saturated carbocycles. The van der Waals surface area contributed by atoms with Crippen LogP contribution in [0.5, 0.6) is 0 Å². The molecule has 0 aromatic carbocycles. The maximum absolute atomic E-state index is 12.2. The van der Waals surface area contributed by atoms with E-state index in [-0.39, 0.29) is 18.3 Å². The van der Waals surface area contributed by atoms with E-state index < -0.39 is 6.04 Å². The predicted octanol–water partition coefficient (Wildman–Crippen LogP) is 1.75. The molecule has 0 bridgehead atoms. The van der Waals surface area contributed by atoms with Crippen molar-refractivity contribution in [2.24, 2.45) is 0 Å². The Bertz CT molecular complexity index is 468. The molecule has 1 unspecified atom stereocenters. The fraction of sp³-hybridized carbons (Fsp3) is 0.625. The van der Waals surface area contributed by atoms with E-state index in [4.69, 9.17) is 4.74 Å². The maximum Gasteiger partial charge on any atom is 0.323 e. The summed E-state index contributed by atoms with van der Waals surface area (Å²) in [6.07, 6.45) is 7.26. The van der Waals surface area contributed by atoms with Crippen LogP contribution in [0.2, 0.25) is 0 Å². The molecule has 1 aliphatic heterocycles. The van der Waals surface area contributed by atoms with Gasteiger partial charge in [-0.1, -0.05) is 25.5 Å². The molecule has 116 valence electrons. The fourth-order valence-corrected chi connectivity index (χ4v) is 2.77. The topological polar surface area (TPSA) is 58.6 Å². The molecule has 0 radical (unpaired) electrons. The van der Waals surface area contributed by atoms with Gasteiger partial charge in [-0.05, 0) is 31.9 Å². The van der Waals surface area contributed by atoms with Crippen LogP contribution in [0.25, 0.3) is 0 Å². The molecular formula is C16H24N2O3. The van der Waals surface area contributed by atoms with Gasteiger partial charge >= 0.3 is 5.97 Å². The van der Waals surface area contributed by atoms with Crippen LogP contribution in [0.3, 0.4) is 0 Å². The van der Waals surface area contributed by atoms with Gasteiger partial charge in [-0.25, -0.2) is 0 Å². The van der Waals surface area contributed by atoms with E-state index in [1.807, 2.05) is 24.0 Å². The number of esters is 1. The van der Waals surface area contributed by atoms with Crippen LogP contribution >= 0.6 is 0 Å². The van der Waals surface area contributed by atoms with Gasteiger partial charge in [0.2, 0.25) is 5.91 Å². The number of morpholine rings is 1. The largest absolute Gasteiger partial charge is 0.463 e. The molecule has 1 N–H and O–H groups in total. The first-order valence-corrected chi connectivity index (χ1v) is 7.74. The molecule has 0 aromatic heterocycles. The third-order valence-corrected chi connectivity index (χ3v) is 4.05. The lowest BCUT2D eigenvalue weighted by molar-refractivity contribution is -0.159. The van der Waals surface area contributed by atoms with Crippen molar-refractivity contribution in [3.05, 3.63) is 23.4 Å². The Hall–Kier alpha value is -1.62. The first-order valence-electron chi connectivity index (χ1n) is 7.74. The highest BCUT2D eigenvalue weighted by atomic mass is 16.5. The van der Waals surface area contributed by atoms with E-state index in [9.17, 15) is 9.59 Å². The van der Waals surface area contributed by atoms with E-state index in [1.54, 1.807) is 0 Å². The van der Waals surface area contributed by atoms with Crippen molar-refractivity contribution in [2.75, 3.05) is 19.7 Å². The molecule has 1 saturated heterocycles. The molecule has 2 aliphatic rings. The van der Waals surface area contributed by atoms with Crippen LogP contribution in [0.4, 0.5) is 0 Å². The van der Waals surface area contributed by atoms with Gasteiger partial charge in [0.25, 0.3) is 0 Å². The lowest BCUT2D eigenvalue weighted by Crippen LogP contribution is -2.50. The zero-order chi connectivity index (χ0) is 15.2. The van der Waals surface area contributed by atoms with E-state index in [2.05, 4.69) is 12.2 Å². The van der Waals surface area contributed by atoms with Crippen LogP contribution in [0, 0.1) is 0 Å². The highest BCUT2D eigenvalue weighted by molar-refractivity contribution is 5.86. The molecule has 5 heteroatoms. The molecule has 0 aromatic rings. The number of likely N-dealkylation sites (N-methyl/N-ethyl adjacent to an activating group) is 1. The monoisotopic (exact) mass is 292 g/mol. The van der Waals surface area contributed by atoms with Crippen molar-refractivity contribution in [1.82, 2.24) is 10.2 Å². The summed E-state index contributed by atoms with van der Waals surface area (Å²) in [5.41, 5.74) is 2.20. The Morgan fingerprint density at radius 2 is 2.29 bits per heavy atom. The molecule has 1 aliphatic carbocycles. The Morgan fingerprint density at radius 1 is 1.48 bits per heavy atom. The molecule has 1 amide bonds. The van der Waals surface area contributed by atoms with E-state index >= 15 is 0 Å². The third kappa shape index (κ3) is 4.17. The molecule has 2 rings (SSSR count). The van der Waals surface area contributed by atoms with Crippen molar-refractivity contribution in [3.8, 4) is 0 Å². The zero-order valence-corrected chi connectivity index (χ0v) is 12.9. The first kappa shape index (κ1) is 15.8. The van der Waals surface area contributed by atoms with Crippen LogP contribution in [0.1, 0.15) is 39.5 Å². The highest BCUT2D eigenvalue weighted by Gasteiger charge is 2.32. The third-order valence-electron chi connectivity index (χ3n) is 4.05. The molecule has 21 heavy (non-hydrogen) atoms. The predicted molar refractivity (Wildman–Crippen MR) is 80.4 cm³/mol. The summed E-state index contributed by atoms with van der Waals surface area (Å²) >= 11 is 0. The first-order chi connectivity index (χ1) is 10.1. The Kier molecular flexibility index (Phi) is 5.56. The number of cyclic esters (lactones) is 1. The standard InChI is InChI=1S/C16H24N2O3/c1-3-12-6-5-7-13(10-12)17-15(19)11-14-16(20)21-9-8-18(14)4-2/h7,10,14H,3-6,8-9,11H2,1-2H3,(H,17,19). The Labute approximate surface area is 126 Å². The molecular weight excluding hydrogens is 268 g/mol. The van der Waals surface area contributed by atoms with E-state index in [0.29, 0.717) is 13.2 Å². The van der Waals surface area contributed by atoms with Gasteiger partial charge in [0.1, 0.15) is 12.6 Å². The van der Waals surface area contributed by atoms with Gasteiger partial charge < -0.3 is 10.1 Å². The second kappa shape index (κ2) is 7.41. The van der Waals surface area contributed by atoms with Crippen LogP contribution in [-0.4, -0.2) is 42.5 Å². The quantitative estimate of drug-likeness (QED) is 0.784. The average Bonchev–Trinajstić information content (AvgIpc) is 2.49. The fourth-order valence-electron chi connectivity index (χ4n) is 2.77. The molecule has 1 heterocycles. The van der Waals surface area contributed by atoms with Gasteiger partial charge in [0.05, 0.1) is 6.42 Å². The van der Waals surface area contributed by atoms with E-state index in [0.717, 1.165) is 31.5 Å². The van der Waals surface area contributed by atoms with Crippen molar-refractivity contribution in [2.45, 2.75) is 45.6 Å². The van der Waals surface area contributed by atoms with Gasteiger partial charge in [-0.2, -0.15) is 0 Å². The number of nitrogens with zero attached hydrogens (tertiary/aromatic N) is 1. The van der Waals surface area contributed by atoms with Gasteiger partial charge in [0, 0.05) is 12.2 Å². The summed E-state index contributed by atoms with van der Waals surface area (Å²) in [7, 11) is 0. The van der Waals surface area contributed by atoms with Crippen LogP contribution in [0.15, 0.2) is 23.4 Å². The molecule has 5 nitrogen and oxygen atoms in total. The van der Waals surface area contributed by atoms with Crippen molar-refractivity contribution in [3.63, 3.8) is 0 Å². The number of carbonyl (C=O) groups excluding carboxylic acids is 2. The summed E-state index contributed by atoms with van der Waals surface area (Å²) in [6, 6.07) is -0.456. The number of carbonyl (C=O) groups is 2. The summed E-state index contributed by atoms with van der Waals surface area (Å²) < 4.78 is 5.06. The van der Waals surface area contributed by atoms with E-state index in [1.165, 1.54) is 5.57 Å². The van der Waals surface area contributed by atoms with Crippen molar-refractivity contribution < 1.29 is 14.3 Å². The summed E-state index contributed by atoms with van der Waals surface area (Å²) in [4.78, 5) is 26.0. The molecule has 1 fully saturated rings. The SMILES string of the molecule is CCC1=CC(NC(=O)CC2C(=O)OCCN2CC)=CCC1. The lowest BCUT2D eigenvalue weighted by atomic mass is 10.0. The number of rotatable bonds is 5. The normalized spacial score (nSPS) is 23.1. The lowest BCUT2D eigenvalue weighted by Gasteiger charge is -2.32. The Balaban J connectivity index is 1.93. The second-order valence-electron chi connectivity index (χ2n) is 5.42. The van der Waals surface area contributed by atoms with Crippen molar-refractivity contribution in [1.29, 1.82) is 0 Å². The number of hydrogen-bond acceptors (Lipinski definition) is 4. The second-order valence-corrected chi connectivity index (χ2v) is 5.42. The number of allylic oxidation sites excluding steroid dienone is 3. The highest BCUT2D eigenvalue weighted by Crippen LogP contribution is 2.19. The number of hydrogen-bond donors (Lipinski definition) is 1. The van der Waals surface area contributed by atoms with Crippen LogP contribution in [-0.2, 0) is 14.3 Å². The van der Waals surface area contributed by atoms with Crippen LogP contribution < -0.4 is 5.32 Å². The molecule has 1 atom stereocenters. The summed E-state index contributed by atoms with van der Waals surface area (Å²) in [5, 5.41) is 2.91. The van der Waals surface area contributed by atoms with Gasteiger partial charge in [0.15, 0.2) is 0 Å². The average molecular weight is 292 g/mol. The maximum atomic E-state index is 12.2. The smallest absolute Gasteiger partial charge is 0.323 e. The minimum absolute atomic E-state index is 0.128. The number of ether oxygens (including phenoxy) is 1. The number of amides is 1. The van der Waals surface area contributed by atoms with Gasteiger partial charge in [-0.3, -0.25) is 14.5 Å².